The molecule has 0 fully saturated rings. The third kappa shape index (κ3) is 3.09. The van der Waals surface area contributed by atoms with Gasteiger partial charge < -0.3 is 0 Å². The Morgan fingerprint density at radius 3 is 2.10 bits per heavy atom. The zero-order valence-electron chi connectivity index (χ0n) is 5.38. The normalized spacial score (nSPS) is 8.60. The third-order valence-corrected chi connectivity index (χ3v) is 2.67. The first-order valence-electron chi connectivity index (χ1n) is 2.77. The summed E-state index contributed by atoms with van der Waals surface area (Å²) in [6, 6.07) is 8.45. The molecule has 0 spiro atoms. The minimum atomic E-state index is 0. The van der Waals surface area contributed by atoms with E-state index in [4.69, 9.17) is 0 Å². The van der Waals surface area contributed by atoms with Gasteiger partial charge in [0.15, 0.2) is 0 Å². The molecular formula is C7H9AsBrCl. The van der Waals surface area contributed by atoms with Gasteiger partial charge >= 0.3 is 72.3 Å². The summed E-state index contributed by atoms with van der Waals surface area (Å²) >= 11 is 5.13. The Hall–Kier alpha value is 0.548. The fraction of sp³-hybridized carbons (Fsp3) is 0.143. The van der Waals surface area contributed by atoms with Crippen molar-refractivity contribution in [3.63, 3.8) is 0 Å². The Kier molecular flexibility index (Phi) is 5.52. The average Bonchev–Trinajstić information content (AvgIpc) is 1.90. The van der Waals surface area contributed by atoms with Gasteiger partial charge in [-0.25, -0.2) is 0 Å². The van der Waals surface area contributed by atoms with Crippen LogP contribution in [0.4, 0.5) is 0 Å². The topological polar surface area (TPSA) is 0 Å². The number of benzene rings is 1. The number of halogens is 2. The summed E-state index contributed by atoms with van der Waals surface area (Å²) in [5, 5.41) is 1.18. The second-order valence-electron chi connectivity index (χ2n) is 1.83. The first-order valence-corrected chi connectivity index (χ1v) is 5.28. The molecule has 0 nitrogen and oxygen atoms in total. The van der Waals surface area contributed by atoms with E-state index < -0.39 is 0 Å². The van der Waals surface area contributed by atoms with Gasteiger partial charge in [-0.05, 0) is 0 Å². The SMILES string of the molecule is Cl.[AsH2]Cc1ccc(Br)cc1. The zero-order valence-corrected chi connectivity index (χ0v) is 10.2. The van der Waals surface area contributed by atoms with Gasteiger partial charge in [0.2, 0.25) is 0 Å². The van der Waals surface area contributed by atoms with Crippen LogP contribution in [0.5, 0.6) is 0 Å². The molecule has 1 unspecified atom stereocenters. The Labute approximate surface area is 84.4 Å². The van der Waals surface area contributed by atoms with Crippen LogP contribution in [0.2, 0.25) is 0 Å². The molecule has 0 aliphatic rings. The van der Waals surface area contributed by atoms with Crippen LogP contribution in [0.15, 0.2) is 28.7 Å². The summed E-state index contributed by atoms with van der Waals surface area (Å²) in [6.45, 7) is 0. The van der Waals surface area contributed by atoms with Gasteiger partial charge in [-0.1, -0.05) is 0 Å². The Morgan fingerprint density at radius 2 is 1.70 bits per heavy atom. The molecule has 0 amide bonds. The Bertz CT molecular complexity index is 185. The van der Waals surface area contributed by atoms with Crippen LogP contribution < -0.4 is 0 Å². The summed E-state index contributed by atoms with van der Waals surface area (Å²) in [4.78, 5) is 0. The van der Waals surface area contributed by atoms with Crippen LogP contribution in [-0.4, -0.2) is 16.9 Å². The van der Waals surface area contributed by atoms with Crippen molar-refractivity contribution in [2.24, 2.45) is 0 Å². The van der Waals surface area contributed by atoms with Gasteiger partial charge in [0.25, 0.3) is 0 Å². The first kappa shape index (κ1) is 10.5. The molecule has 10 heavy (non-hydrogen) atoms. The van der Waals surface area contributed by atoms with Crippen LogP contribution >= 0.6 is 28.3 Å². The Morgan fingerprint density at radius 1 is 1.20 bits per heavy atom. The van der Waals surface area contributed by atoms with Crippen molar-refractivity contribution in [3.8, 4) is 0 Å². The van der Waals surface area contributed by atoms with Crippen molar-refractivity contribution in [1.82, 2.24) is 0 Å². The molecule has 56 valence electrons. The quantitative estimate of drug-likeness (QED) is 0.692. The fourth-order valence-corrected chi connectivity index (χ4v) is 1.46. The maximum atomic E-state index is 3.38. The monoisotopic (exact) mass is 282 g/mol. The zero-order chi connectivity index (χ0) is 6.69. The minimum absolute atomic E-state index is 0. The van der Waals surface area contributed by atoms with E-state index in [1.807, 2.05) is 0 Å². The molecule has 0 bridgehead atoms. The second kappa shape index (κ2) is 5.23. The van der Waals surface area contributed by atoms with Crippen molar-refractivity contribution in [3.05, 3.63) is 34.3 Å². The molecule has 0 aromatic heterocycles. The van der Waals surface area contributed by atoms with Gasteiger partial charge in [0.1, 0.15) is 0 Å². The number of rotatable bonds is 1. The molecule has 0 aliphatic heterocycles. The van der Waals surface area contributed by atoms with E-state index in [-0.39, 0.29) is 12.4 Å². The van der Waals surface area contributed by atoms with Crippen LogP contribution in [-0.2, 0) is 5.21 Å². The van der Waals surface area contributed by atoms with Gasteiger partial charge in [-0.2, -0.15) is 0 Å². The average molecular weight is 283 g/mol. The summed E-state index contributed by atoms with van der Waals surface area (Å²) in [6.07, 6.45) is 0. The molecule has 0 heterocycles. The summed E-state index contributed by atoms with van der Waals surface area (Å²) in [5.74, 6) is 0. The first-order chi connectivity index (χ1) is 4.33. The van der Waals surface area contributed by atoms with Crippen LogP contribution in [0, 0.1) is 0 Å². The molecular weight excluding hydrogens is 274 g/mol. The molecule has 0 saturated heterocycles. The molecule has 0 N–H and O–H groups in total. The summed E-state index contributed by atoms with van der Waals surface area (Å²) in [7, 11) is 0. The fourth-order valence-electron chi connectivity index (χ4n) is 0.620. The van der Waals surface area contributed by atoms with Crippen molar-refractivity contribution >= 4 is 45.2 Å². The van der Waals surface area contributed by atoms with Crippen molar-refractivity contribution in [1.29, 1.82) is 0 Å². The molecule has 1 aromatic carbocycles. The van der Waals surface area contributed by atoms with E-state index >= 15 is 0 Å². The molecule has 1 atom stereocenters. The number of hydrogen-bond donors (Lipinski definition) is 0. The van der Waals surface area contributed by atoms with Crippen molar-refractivity contribution in [2.45, 2.75) is 5.21 Å². The standard InChI is InChI=1S/C7H8AsBr.ClH/c8-5-6-1-3-7(9)4-2-6;/h1-4H,5,8H2;1H. The molecule has 1 rings (SSSR count). The van der Waals surface area contributed by atoms with Gasteiger partial charge in [0.05, 0.1) is 0 Å². The van der Waals surface area contributed by atoms with E-state index in [1.165, 1.54) is 10.8 Å². The van der Waals surface area contributed by atoms with E-state index in [0.29, 0.717) is 0 Å². The van der Waals surface area contributed by atoms with Crippen LogP contribution in [0.25, 0.3) is 0 Å². The van der Waals surface area contributed by atoms with E-state index in [9.17, 15) is 0 Å². The summed E-state index contributed by atoms with van der Waals surface area (Å²) in [5.41, 5.74) is 1.42. The van der Waals surface area contributed by atoms with E-state index in [1.54, 1.807) is 16.9 Å². The number of hydrogen-bond acceptors (Lipinski definition) is 0. The molecule has 0 radical (unpaired) electrons. The predicted octanol–water partition coefficient (Wildman–Crippen LogP) is 2.00. The van der Waals surface area contributed by atoms with Crippen molar-refractivity contribution in [2.75, 3.05) is 0 Å². The van der Waals surface area contributed by atoms with Gasteiger partial charge in [-0.3, -0.25) is 0 Å². The second-order valence-corrected chi connectivity index (χ2v) is 3.60. The van der Waals surface area contributed by atoms with E-state index in [0.717, 1.165) is 4.47 Å². The molecule has 0 aliphatic carbocycles. The Balaban J connectivity index is 0.000000810. The molecule has 1 aromatic rings. The predicted molar refractivity (Wildman–Crippen MR) is 53.6 cm³/mol. The van der Waals surface area contributed by atoms with E-state index in [2.05, 4.69) is 40.2 Å². The van der Waals surface area contributed by atoms with Gasteiger partial charge in [0, 0.05) is 0 Å². The van der Waals surface area contributed by atoms with Crippen molar-refractivity contribution < 1.29 is 0 Å². The van der Waals surface area contributed by atoms with Crippen LogP contribution in [0.1, 0.15) is 5.56 Å². The third-order valence-electron chi connectivity index (χ3n) is 1.15. The van der Waals surface area contributed by atoms with Gasteiger partial charge in [-0.15, -0.1) is 12.4 Å². The molecule has 0 saturated carbocycles. The maximum absolute atomic E-state index is 3.38. The molecule has 3 heteroatoms. The van der Waals surface area contributed by atoms with Crippen LogP contribution in [0.3, 0.4) is 0 Å². The summed E-state index contributed by atoms with van der Waals surface area (Å²) < 4.78 is 1.16.